The lowest BCUT2D eigenvalue weighted by atomic mass is 10.2. The van der Waals surface area contributed by atoms with E-state index in [0.29, 0.717) is 0 Å². The van der Waals surface area contributed by atoms with E-state index in [-0.39, 0.29) is 12.6 Å². The molecule has 0 amide bonds. The lowest BCUT2D eigenvalue weighted by Gasteiger charge is -2.01. The maximum Gasteiger partial charge on any atom is 0.0625 e. The van der Waals surface area contributed by atoms with Crippen LogP contribution in [0.15, 0.2) is 12.4 Å². The average Bonchev–Trinajstić information content (AvgIpc) is 2.37. The summed E-state index contributed by atoms with van der Waals surface area (Å²) in [5.41, 5.74) is 6.26. The molecular weight excluding hydrogens is 118 g/mol. The third-order valence-electron chi connectivity index (χ3n) is 1.14. The number of rotatable bonds is 2. The van der Waals surface area contributed by atoms with Crippen LogP contribution < -0.4 is 5.73 Å². The van der Waals surface area contributed by atoms with Gasteiger partial charge >= 0.3 is 0 Å². The molecule has 0 radical (unpaired) electrons. The van der Waals surface area contributed by atoms with Gasteiger partial charge in [-0.25, -0.2) is 0 Å². The molecule has 0 unspecified atom stereocenters. The van der Waals surface area contributed by atoms with Crippen LogP contribution in [0, 0.1) is 0 Å². The molecule has 0 spiro atoms. The largest absolute Gasteiger partial charge is 0.394 e. The van der Waals surface area contributed by atoms with Gasteiger partial charge in [-0.1, -0.05) is 0 Å². The summed E-state index contributed by atoms with van der Waals surface area (Å²) in [5.74, 6) is 0. The molecule has 4 heteroatoms. The van der Waals surface area contributed by atoms with Gasteiger partial charge in [-0.2, -0.15) is 5.10 Å². The molecular formula is C5H9N3O. The van der Waals surface area contributed by atoms with Gasteiger partial charge in [0.2, 0.25) is 0 Å². The van der Waals surface area contributed by atoms with Gasteiger partial charge in [-0.15, -0.1) is 0 Å². The van der Waals surface area contributed by atoms with E-state index < -0.39 is 0 Å². The number of hydrogen-bond donors (Lipinski definition) is 3. The Morgan fingerprint density at radius 2 is 2.67 bits per heavy atom. The molecule has 9 heavy (non-hydrogen) atoms. The zero-order chi connectivity index (χ0) is 6.69. The Morgan fingerprint density at radius 3 is 3.11 bits per heavy atom. The van der Waals surface area contributed by atoms with Gasteiger partial charge in [0.25, 0.3) is 0 Å². The van der Waals surface area contributed by atoms with E-state index in [2.05, 4.69) is 10.2 Å². The van der Waals surface area contributed by atoms with E-state index in [0.717, 1.165) is 5.56 Å². The van der Waals surface area contributed by atoms with Crippen LogP contribution in [0.4, 0.5) is 0 Å². The molecule has 1 aromatic rings. The molecule has 0 aliphatic carbocycles. The third-order valence-corrected chi connectivity index (χ3v) is 1.14. The molecule has 1 atom stereocenters. The van der Waals surface area contributed by atoms with Crippen molar-refractivity contribution in [2.45, 2.75) is 6.04 Å². The highest BCUT2D eigenvalue weighted by Gasteiger charge is 2.02. The second-order valence-electron chi connectivity index (χ2n) is 1.82. The van der Waals surface area contributed by atoms with Gasteiger partial charge in [0, 0.05) is 11.8 Å². The predicted molar refractivity (Wildman–Crippen MR) is 32.6 cm³/mol. The number of aliphatic hydroxyl groups excluding tert-OH is 1. The van der Waals surface area contributed by atoms with Gasteiger partial charge in [0.15, 0.2) is 0 Å². The highest BCUT2D eigenvalue weighted by Crippen LogP contribution is 2.04. The van der Waals surface area contributed by atoms with Crippen LogP contribution in [0.25, 0.3) is 0 Å². The maximum atomic E-state index is 8.54. The summed E-state index contributed by atoms with van der Waals surface area (Å²) in [7, 11) is 0. The molecule has 0 saturated heterocycles. The quantitative estimate of drug-likeness (QED) is 0.496. The second kappa shape index (κ2) is 2.61. The second-order valence-corrected chi connectivity index (χ2v) is 1.82. The van der Waals surface area contributed by atoms with E-state index in [4.69, 9.17) is 10.8 Å². The van der Waals surface area contributed by atoms with Gasteiger partial charge in [0.1, 0.15) is 0 Å². The Morgan fingerprint density at radius 1 is 1.89 bits per heavy atom. The summed E-state index contributed by atoms with van der Waals surface area (Å²) in [6.07, 6.45) is 3.27. The van der Waals surface area contributed by atoms with Crippen molar-refractivity contribution in [2.75, 3.05) is 6.61 Å². The van der Waals surface area contributed by atoms with E-state index in [1.54, 1.807) is 12.4 Å². The average molecular weight is 127 g/mol. The molecule has 0 aliphatic rings. The van der Waals surface area contributed by atoms with Crippen LogP contribution in [0.5, 0.6) is 0 Å². The van der Waals surface area contributed by atoms with Crippen molar-refractivity contribution in [3.05, 3.63) is 18.0 Å². The van der Waals surface area contributed by atoms with Gasteiger partial charge in [-0.3, -0.25) is 5.10 Å². The number of aromatic nitrogens is 2. The number of aromatic amines is 1. The minimum absolute atomic E-state index is 0.0421. The fourth-order valence-corrected chi connectivity index (χ4v) is 0.569. The number of nitrogens with two attached hydrogens (primary N) is 1. The summed E-state index contributed by atoms with van der Waals surface area (Å²) in [6, 6.07) is -0.302. The number of H-pyrrole nitrogens is 1. The Kier molecular flexibility index (Phi) is 1.81. The first-order valence-electron chi connectivity index (χ1n) is 2.69. The van der Waals surface area contributed by atoms with Crippen LogP contribution >= 0.6 is 0 Å². The SMILES string of the molecule is N[C@H](CO)c1cn[nH]c1. The summed E-state index contributed by atoms with van der Waals surface area (Å²) < 4.78 is 0. The first-order chi connectivity index (χ1) is 4.34. The molecule has 0 saturated carbocycles. The number of nitrogens with one attached hydrogen (secondary N) is 1. The molecule has 0 bridgehead atoms. The van der Waals surface area contributed by atoms with Crippen LogP contribution in [0.1, 0.15) is 11.6 Å². The van der Waals surface area contributed by atoms with Crippen molar-refractivity contribution < 1.29 is 5.11 Å². The van der Waals surface area contributed by atoms with Crippen molar-refractivity contribution in [3.63, 3.8) is 0 Å². The van der Waals surface area contributed by atoms with Gasteiger partial charge in [-0.05, 0) is 0 Å². The van der Waals surface area contributed by atoms with Crippen LogP contribution in [0.2, 0.25) is 0 Å². The van der Waals surface area contributed by atoms with Crippen molar-refractivity contribution in [2.24, 2.45) is 5.73 Å². The molecule has 1 aromatic heterocycles. The normalized spacial score (nSPS) is 13.6. The highest BCUT2D eigenvalue weighted by molar-refractivity contribution is 5.07. The number of nitrogens with zero attached hydrogens (tertiary/aromatic N) is 1. The van der Waals surface area contributed by atoms with E-state index in [1.165, 1.54) is 0 Å². The number of aliphatic hydroxyl groups is 1. The Bertz CT molecular complexity index is 161. The highest BCUT2D eigenvalue weighted by atomic mass is 16.3. The van der Waals surface area contributed by atoms with Crippen LogP contribution in [-0.2, 0) is 0 Å². The van der Waals surface area contributed by atoms with Crippen LogP contribution in [0.3, 0.4) is 0 Å². The lowest BCUT2D eigenvalue weighted by molar-refractivity contribution is 0.268. The summed E-state index contributed by atoms with van der Waals surface area (Å²) in [4.78, 5) is 0. The summed E-state index contributed by atoms with van der Waals surface area (Å²) in [5, 5.41) is 14.8. The fourth-order valence-electron chi connectivity index (χ4n) is 0.569. The molecule has 0 aromatic carbocycles. The Hall–Kier alpha value is -0.870. The van der Waals surface area contributed by atoms with E-state index in [9.17, 15) is 0 Å². The summed E-state index contributed by atoms with van der Waals surface area (Å²) >= 11 is 0. The molecule has 0 fully saturated rings. The number of hydrogen-bond acceptors (Lipinski definition) is 3. The van der Waals surface area contributed by atoms with Gasteiger partial charge < -0.3 is 10.8 Å². The Balaban J connectivity index is 2.65. The topological polar surface area (TPSA) is 74.9 Å². The van der Waals surface area contributed by atoms with E-state index in [1.807, 2.05) is 0 Å². The Labute approximate surface area is 52.7 Å². The molecule has 4 nitrogen and oxygen atoms in total. The fraction of sp³-hybridized carbons (Fsp3) is 0.400. The third kappa shape index (κ3) is 1.28. The minimum Gasteiger partial charge on any atom is -0.394 e. The van der Waals surface area contributed by atoms with Crippen molar-refractivity contribution >= 4 is 0 Å². The lowest BCUT2D eigenvalue weighted by Crippen LogP contribution is -2.13. The monoisotopic (exact) mass is 127 g/mol. The predicted octanol–water partition coefficient (Wildman–Crippen LogP) is -0.598. The molecule has 1 heterocycles. The first kappa shape index (κ1) is 6.25. The molecule has 4 N–H and O–H groups in total. The summed E-state index contributed by atoms with van der Waals surface area (Å²) in [6.45, 7) is -0.0421. The van der Waals surface area contributed by atoms with E-state index >= 15 is 0 Å². The zero-order valence-corrected chi connectivity index (χ0v) is 4.91. The van der Waals surface area contributed by atoms with Crippen molar-refractivity contribution in [1.82, 2.24) is 10.2 Å². The van der Waals surface area contributed by atoms with Crippen molar-refractivity contribution in [3.8, 4) is 0 Å². The molecule has 1 rings (SSSR count). The standard InChI is InChI=1S/C5H9N3O/c6-5(3-9)4-1-7-8-2-4/h1-2,5,9H,3,6H2,(H,7,8)/t5-/m1/s1. The van der Waals surface area contributed by atoms with Crippen molar-refractivity contribution in [1.29, 1.82) is 0 Å². The molecule has 50 valence electrons. The minimum atomic E-state index is -0.302. The first-order valence-corrected chi connectivity index (χ1v) is 2.69. The van der Waals surface area contributed by atoms with Crippen LogP contribution in [-0.4, -0.2) is 21.9 Å². The van der Waals surface area contributed by atoms with Gasteiger partial charge in [0.05, 0.1) is 18.8 Å². The maximum absolute atomic E-state index is 8.54. The smallest absolute Gasteiger partial charge is 0.0625 e. The molecule has 0 aliphatic heterocycles. The zero-order valence-electron chi connectivity index (χ0n) is 4.91.